The largest absolute Gasteiger partial charge is 0.354 e. The molecule has 1 atom stereocenters. The summed E-state index contributed by atoms with van der Waals surface area (Å²) in [5.74, 6) is 0.119. The van der Waals surface area contributed by atoms with E-state index in [4.69, 9.17) is 0 Å². The van der Waals surface area contributed by atoms with Crippen molar-refractivity contribution in [3.63, 3.8) is 0 Å². The summed E-state index contributed by atoms with van der Waals surface area (Å²) in [5.41, 5.74) is -0.374. The normalized spacial score (nSPS) is 24.5. The number of hydrogen-bond donors (Lipinski definition) is 2. The number of carbonyl (C=O) groups is 1. The van der Waals surface area contributed by atoms with Crippen LogP contribution in [0.4, 0.5) is 0 Å². The van der Waals surface area contributed by atoms with Crippen molar-refractivity contribution < 1.29 is 4.79 Å². The van der Waals surface area contributed by atoms with Crippen LogP contribution in [0.5, 0.6) is 0 Å². The van der Waals surface area contributed by atoms with Gasteiger partial charge in [0.1, 0.15) is 0 Å². The highest BCUT2D eigenvalue weighted by atomic mass is 32.1. The molecule has 94 valence electrons. The van der Waals surface area contributed by atoms with Gasteiger partial charge in [-0.25, -0.2) is 4.98 Å². The van der Waals surface area contributed by atoms with E-state index in [1.54, 1.807) is 17.5 Å². The molecule has 0 bridgehead atoms. The highest BCUT2D eigenvalue weighted by Gasteiger charge is 2.33. The molecule has 1 amide bonds. The van der Waals surface area contributed by atoms with Crippen LogP contribution in [0.2, 0.25) is 0 Å². The van der Waals surface area contributed by atoms with E-state index in [-0.39, 0.29) is 11.4 Å². The zero-order valence-electron chi connectivity index (χ0n) is 10.2. The minimum Gasteiger partial charge on any atom is -0.354 e. The van der Waals surface area contributed by atoms with Gasteiger partial charge in [-0.05, 0) is 32.7 Å². The molecule has 4 nitrogen and oxygen atoms in total. The molecule has 5 heteroatoms. The van der Waals surface area contributed by atoms with Crippen molar-refractivity contribution in [2.75, 3.05) is 13.1 Å². The fraction of sp³-hybridized carbons (Fsp3) is 0.667. The molecule has 1 aliphatic heterocycles. The van der Waals surface area contributed by atoms with Crippen molar-refractivity contribution in [2.24, 2.45) is 0 Å². The molecular formula is C12H19N3OS. The van der Waals surface area contributed by atoms with Gasteiger partial charge in [-0.2, -0.15) is 0 Å². The summed E-state index contributed by atoms with van der Waals surface area (Å²) in [7, 11) is 0. The molecule has 2 heterocycles. The van der Waals surface area contributed by atoms with Crippen molar-refractivity contribution in [3.05, 3.63) is 16.6 Å². The number of rotatable bonds is 4. The summed E-state index contributed by atoms with van der Waals surface area (Å²) in [6, 6.07) is 0. The molecule has 1 aromatic rings. The number of piperidine rings is 1. The molecule has 1 saturated heterocycles. The Hall–Kier alpha value is -0.940. The second kappa shape index (κ2) is 5.60. The maximum Gasteiger partial charge on any atom is 0.240 e. The number of hydrogen-bond acceptors (Lipinski definition) is 4. The smallest absolute Gasteiger partial charge is 0.240 e. The molecule has 1 fully saturated rings. The third kappa shape index (κ3) is 3.26. The molecule has 1 unspecified atom stereocenters. The van der Waals surface area contributed by atoms with Gasteiger partial charge in [0, 0.05) is 24.5 Å². The first kappa shape index (κ1) is 12.5. The van der Waals surface area contributed by atoms with Crippen molar-refractivity contribution in [1.82, 2.24) is 15.6 Å². The van der Waals surface area contributed by atoms with Crippen LogP contribution in [-0.4, -0.2) is 29.5 Å². The molecule has 0 spiro atoms. The molecule has 0 aliphatic carbocycles. The second-order valence-corrected chi connectivity index (χ2v) is 5.63. The monoisotopic (exact) mass is 253 g/mol. The first-order chi connectivity index (χ1) is 8.21. The van der Waals surface area contributed by atoms with E-state index in [0.29, 0.717) is 6.54 Å². The van der Waals surface area contributed by atoms with Crippen LogP contribution in [0, 0.1) is 0 Å². The van der Waals surface area contributed by atoms with Crippen LogP contribution >= 0.6 is 11.3 Å². The minimum atomic E-state index is -0.374. The highest BCUT2D eigenvalue weighted by molar-refractivity contribution is 7.09. The number of thiazole rings is 1. The molecule has 0 aromatic carbocycles. The summed E-state index contributed by atoms with van der Waals surface area (Å²) >= 11 is 1.63. The van der Waals surface area contributed by atoms with E-state index in [9.17, 15) is 4.79 Å². The summed E-state index contributed by atoms with van der Waals surface area (Å²) in [5, 5.41) is 9.35. The van der Waals surface area contributed by atoms with Crippen LogP contribution in [-0.2, 0) is 11.2 Å². The standard InChI is InChI=1S/C12H19N3OS/c1-12(5-2-3-6-15-12)11(16)14-7-4-10-13-8-9-17-10/h8-9,15H,2-7H2,1H3,(H,14,16). The first-order valence-corrected chi connectivity index (χ1v) is 7.00. The van der Waals surface area contributed by atoms with Gasteiger partial charge < -0.3 is 10.6 Å². The van der Waals surface area contributed by atoms with Crippen molar-refractivity contribution in [3.8, 4) is 0 Å². The molecular weight excluding hydrogens is 234 g/mol. The van der Waals surface area contributed by atoms with Gasteiger partial charge in [-0.3, -0.25) is 4.79 Å². The van der Waals surface area contributed by atoms with Crippen LogP contribution in [0.3, 0.4) is 0 Å². The average Bonchev–Trinajstić information content (AvgIpc) is 2.83. The Morgan fingerprint density at radius 1 is 1.65 bits per heavy atom. The van der Waals surface area contributed by atoms with E-state index in [1.165, 1.54) is 6.42 Å². The fourth-order valence-corrected chi connectivity index (χ4v) is 2.72. The lowest BCUT2D eigenvalue weighted by Gasteiger charge is -2.33. The molecule has 17 heavy (non-hydrogen) atoms. The summed E-state index contributed by atoms with van der Waals surface area (Å²) in [4.78, 5) is 16.3. The van der Waals surface area contributed by atoms with E-state index in [0.717, 1.165) is 30.8 Å². The maximum atomic E-state index is 12.1. The van der Waals surface area contributed by atoms with Gasteiger partial charge in [0.25, 0.3) is 0 Å². The molecule has 0 saturated carbocycles. The van der Waals surface area contributed by atoms with Gasteiger partial charge in [0.05, 0.1) is 10.5 Å². The van der Waals surface area contributed by atoms with Crippen molar-refractivity contribution in [1.29, 1.82) is 0 Å². The van der Waals surface area contributed by atoms with Crippen LogP contribution < -0.4 is 10.6 Å². The first-order valence-electron chi connectivity index (χ1n) is 6.12. The lowest BCUT2D eigenvalue weighted by Crippen LogP contribution is -2.57. The lowest BCUT2D eigenvalue weighted by molar-refractivity contribution is -0.127. The van der Waals surface area contributed by atoms with Gasteiger partial charge in [-0.15, -0.1) is 11.3 Å². The third-order valence-electron chi connectivity index (χ3n) is 3.23. The Kier molecular flexibility index (Phi) is 4.12. The second-order valence-electron chi connectivity index (χ2n) is 4.65. The third-order valence-corrected chi connectivity index (χ3v) is 4.07. The summed E-state index contributed by atoms with van der Waals surface area (Å²) in [6.07, 6.45) is 5.84. The minimum absolute atomic E-state index is 0.119. The number of carbonyl (C=O) groups excluding carboxylic acids is 1. The number of nitrogens with zero attached hydrogens (tertiary/aromatic N) is 1. The molecule has 2 N–H and O–H groups in total. The summed E-state index contributed by atoms with van der Waals surface area (Å²) < 4.78 is 0. The predicted octanol–water partition coefficient (Wildman–Crippen LogP) is 1.33. The number of aromatic nitrogens is 1. The van der Waals surface area contributed by atoms with E-state index < -0.39 is 0 Å². The Labute approximate surface area is 106 Å². The zero-order chi connectivity index (χ0) is 12.1. The Morgan fingerprint density at radius 3 is 3.18 bits per heavy atom. The number of nitrogens with one attached hydrogen (secondary N) is 2. The lowest BCUT2D eigenvalue weighted by atomic mass is 9.90. The quantitative estimate of drug-likeness (QED) is 0.851. The Morgan fingerprint density at radius 2 is 2.53 bits per heavy atom. The van der Waals surface area contributed by atoms with E-state index in [1.807, 2.05) is 12.3 Å². The fourth-order valence-electron chi connectivity index (χ4n) is 2.10. The van der Waals surface area contributed by atoms with Gasteiger partial charge in [-0.1, -0.05) is 0 Å². The molecule has 1 aliphatic rings. The average molecular weight is 253 g/mol. The number of amides is 1. The van der Waals surface area contributed by atoms with Gasteiger partial charge >= 0.3 is 0 Å². The van der Waals surface area contributed by atoms with Crippen molar-refractivity contribution >= 4 is 17.2 Å². The van der Waals surface area contributed by atoms with Crippen LogP contribution in [0.15, 0.2) is 11.6 Å². The summed E-state index contributed by atoms with van der Waals surface area (Å²) in [6.45, 7) is 3.60. The van der Waals surface area contributed by atoms with Crippen molar-refractivity contribution in [2.45, 2.75) is 38.1 Å². The Balaban J connectivity index is 1.76. The zero-order valence-corrected chi connectivity index (χ0v) is 11.0. The Bertz CT molecular complexity index is 358. The molecule has 1 aromatic heterocycles. The SMILES string of the molecule is CC1(C(=O)NCCc2nccs2)CCCCN1. The maximum absolute atomic E-state index is 12.1. The molecule has 0 radical (unpaired) electrons. The van der Waals surface area contributed by atoms with E-state index >= 15 is 0 Å². The van der Waals surface area contributed by atoms with Crippen LogP contribution in [0.25, 0.3) is 0 Å². The van der Waals surface area contributed by atoms with Gasteiger partial charge in [0.15, 0.2) is 0 Å². The van der Waals surface area contributed by atoms with E-state index in [2.05, 4.69) is 15.6 Å². The topological polar surface area (TPSA) is 54.0 Å². The molecule has 2 rings (SSSR count). The predicted molar refractivity (Wildman–Crippen MR) is 69.1 cm³/mol. The van der Waals surface area contributed by atoms with Gasteiger partial charge in [0.2, 0.25) is 5.91 Å². The highest BCUT2D eigenvalue weighted by Crippen LogP contribution is 2.18. The van der Waals surface area contributed by atoms with Crippen LogP contribution in [0.1, 0.15) is 31.2 Å².